The molecular weight excluding hydrogens is 383 g/mol. The number of nitrogens with one attached hydrogen (secondary N) is 2. The van der Waals surface area contributed by atoms with Gasteiger partial charge in [0.1, 0.15) is 12.7 Å². The van der Waals surface area contributed by atoms with Crippen molar-refractivity contribution in [1.82, 2.24) is 10.6 Å². The molecule has 12 heteroatoms. The Bertz CT molecular complexity index is 586. The summed E-state index contributed by atoms with van der Waals surface area (Å²) in [5, 5.41) is 14.8. The monoisotopic (exact) mass is 410 g/mol. The molecule has 5 N–H and O–H groups in total. The Kier molecular flexibility index (Phi) is 11.1. The number of rotatable bonds is 12. The van der Waals surface area contributed by atoms with E-state index in [4.69, 9.17) is 14.5 Å². The van der Waals surface area contributed by atoms with Crippen LogP contribution in [0.4, 0.5) is 0 Å². The highest BCUT2D eigenvalue weighted by Crippen LogP contribution is 2.38. The topological polar surface area (TPSA) is 171 Å². The Labute approximate surface area is 157 Å². The van der Waals surface area contributed by atoms with Gasteiger partial charge < -0.3 is 30.3 Å². The van der Waals surface area contributed by atoms with Crippen molar-refractivity contribution in [3.05, 3.63) is 12.2 Å². The van der Waals surface area contributed by atoms with Crippen LogP contribution in [0.2, 0.25) is 0 Å². The first-order valence-electron chi connectivity index (χ1n) is 8.11. The van der Waals surface area contributed by atoms with E-state index in [-0.39, 0.29) is 26.1 Å². The van der Waals surface area contributed by atoms with E-state index in [1.54, 1.807) is 6.92 Å². The summed E-state index contributed by atoms with van der Waals surface area (Å²) in [7, 11) is -4.72. The van der Waals surface area contributed by atoms with Gasteiger partial charge in [-0.25, -0.2) is 9.36 Å². The number of hydrogen-bond acceptors (Lipinski definition) is 7. The maximum Gasteiger partial charge on any atom is 0.469 e. The molecule has 11 nitrogen and oxygen atoms in total. The Balaban J connectivity index is 4.11. The summed E-state index contributed by atoms with van der Waals surface area (Å²) in [6.45, 7) is 3.98. The molecule has 0 aliphatic rings. The molecule has 0 fully saturated rings. The van der Waals surface area contributed by atoms with Gasteiger partial charge in [0.15, 0.2) is 0 Å². The van der Waals surface area contributed by atoms with Crippen LogP contribution in [0, 0.1) is 5.41 Å². The molecule has 0 aliphatic heterocycles. The fraction of sp³-hybridized carbons (Fsp3) is 0.667. The van der Waals surface area contributed by atoms with Crippen LogP contribution in [0.1, 0.15) is 27.2 Å². The molecule has 0 aromatic heterocycles. The lowest BCUT2D eigenvalue weighted by atomic mass is 9.87. The van der Waals surface area contributed by atoms with Crippen molar-refractivity contribution < 1.29 is 43.1 Å². The lowest BCUT2D eigenvalue weighted by Gasteiger charge is -2.29. The van der Waals surface area contributed by atoms with Crippen LogP contribution in [0.5, 0.6) is 0 Å². The van der Waals surface area contributed by atoms with Crippen molar-refractivity contribution in [3.63, 3.8) is 0 Å². The molecule has 0 bridgehead atoms. The predicted octanol–water partition coefficient (Wildman–Crippen LogP) is -0.775. The van der Waals surface area contributed by atoms with E-state index < -0.39 is 43.7 Å². The van der Waals surface area contributed by atoms with Gasteiger partial charge in [0.25, 0.3) is 0 Å². The number of esters is 1. The Hall–Kier alpha value is -1.78. The molecule has 0 saturated heterocycles. The average Bonchev–Trinajstić information content (AvgIpc) is 2.56. The molecule has 156 valence electrons. The van der Waals surface area contributed by atoms with Crippen molar-refractivity contribution in [2.24, 2.45) is 5.41 Å². The Morgan fingerprint density at radius 2 is 1.81 bits per heavy atom. The third kappa shape index (κ3) is 12.3. The van der Waals surface area contributed by atoms with Gasteiger partial charge in [-0.2, -0.15) is 0 Å². The molecule has 1 atom stereocenters. The molecular formula is C15H27N2O9P. The number of amides is 2. The third-order valence-electron chi connectivity index (χ3n) is 3.22. The van der Waals surface area contributed by atoms with Gasteiger partial charge in [-0.1, -0.05) is 19.9 Å². The van der Waals surface area contributed by atoms with Gasteiger partial charge in [0.05, 0.1) is 13.2 Å². The number of phosphoric ester groups is 1. The Morgan fingerprint density at radius 3 is 2.37 bits per heavy atom. The van der Waals surface area contributed by atoms with Gasteiger partial charge in [-0.05, 0) is 6.92 Å². The first-order chi connectivity index (χ1) is 12.4. The summed E-state index contributed by atoms with van der Waals surface area (Å²) in [5.41, 5.74) is -1.26. The van der Waals surface area contributed by atoms with Crippen LogP contribution in [-0.4, -0.2) is 65.1 Å². The third-order valence-corrected chi connectivity index (χ3v) is 3.68. The highest BCUT2D eigenvalue weighted by atomic mass is 31.2. The van der Waals surface area contributed by atoms with Crippen LogP contribution in [-0.2, 0) is 28.2 Å². The number of allylic oxidation sites excluding steroid dienone is 1. The highest BCUT2D eigenvalue weighted by Gasteiger charge is 2.35. The summed E-state index contributed by atoms with van der Waals surface area (Å²) in [4.78, 5) is 51.9. The summed E-state index contributed by atoms with van der Waals surface area (Å²) in [5.74, 6) is -1.71. The Morgan fingerprint density at radius 1 is 1.19 bits per heavy atom. The minimum Gasteiger partial charge on any atom is -0.461 e. The van der Waals surface area contributed by atoms with E-state index >= 15 is 0 Å². The molecule has 0 aliphatic carbocycles. The maximum absolute atomic E-state index is 11.9. The molecule has 0 aromatic carbocycles. The van der Waals surface area contributed by atoms with E-state index in [1.165, 1.54) is 26.0 Å². The number of carbonyl (C=O) groups is 3. The largest absolute Gasteiger partial charge is 0.469 e. The van der Waals surface area contributed by atoms with Crippen molar-refractivity contribution in [2.45, 2.75) is 33.3 Å². The van der Waals surface area contributed by atoms with Gasteiger partial charge >= 0.3 is 13.8 Å². The van der Waals surface area contributed by atoms with Gasteiger partial charge in [-0.15, -0.1) is 0 Å². The minimum absolute atomic E-state index is 0.00769. The van der Waals surface area contributed by atoms with Gasteiger partial charge in [-0.3, -0.25) is 14.1 Å². The lowest BCUT2D eigenvalue weighted by molar-refractivity contribution is -0.138. The van der Waals surface area contributed by atoms with Crippen molar-refractivity contribution in [1.29, 1.82) is 0 Å². The number of hydrogen-bond donors (Lipinski definition) is 5. The summed E-state index contributed by atoms with van der Waals surface area (Å²) in [6, 6.07) is 0. The molecule has 0 heterocycles. The number of phosphoric acid groups is 1. The second-order valence-electron chi connectivity index (χ2n) is 6.21. The molecule has 0 spiro atoms. The molecule has 0 rings (SSSR count). The molecule has 0 aromatic rings. The number of ether oxygens (including phenoxy) is 1. The minimum atomic E-state index is -4.72. The SMILES string of the molecule is C/C=C/C(=O)OCCNC(=O)CCNC(=O)[C@@H](O)C(C)(C)COP(=O)(O)O. The van der Waals surface area contributed by atoms with E-state index in [1.807, 2.05) is 0 Å². The van der Waals surface area contributed by atoms with E-state index in [2.05, 4.69) is 15.2 Å². The number of aliphatic hydroxyl groups is 1. The predicted molar refractivity (Wildman–Crippen MR) is 94.2 cm³/mol. The van der Waals surface area contributed by atoms with Crippen LogP contribution in [0.15, 0.2) is 12.2 Å². The zero-order valence-corrected chi connectivity index (χ0v) is 16.4. The molecule has 0 unspecified atom stereocenters. The van der Waals surface area contributed by atoms with Crippen LogP contribution in [0.25, 0.3) is 0 Å². The zero-order valence-electron chi connectivity index (χ0n) is 15.5. The van der Waals surface area contributed by atoms with E-state index in [9.17, 15) is 24.1 Å². The molecule has 0 radical (unpaired) electrons. The second-order valence-corrected chi connectivity index (χ2v) is 7.45. The fourth-order valence-corrected chi connectivity index (χ4v) is 2.20. The first kappa shape index (κ1) is 25.2. The molecule has 27 heavy (non-hydrogen) atoms. The van der Waals surface area contributed by atoms with Crippen molar-refractivity contribution >= 4 is 25.6 Å². The molecule has 2 amide bonds. The van der Waals surface area contributed by atoms with Gasteiger partial charge in [0.2, 0.25) is 11.8 Å². The smallest absolute Gasteiger partial charge is 0.461 e. The quantitative estimate of drug-likeness (QED) is 0.120. The van der Waals surface area contributed by atoms with Crippen molar-refractivity contribution in [2.75, 3.05) is 26.3 Å². The summed E-state index contributed by atoms with van der Waals surface area (Å²) >= 11 is 0. The lowest BCUT2D eigenvalue weighted by Crippen LogP contribution is -2.46. The normalized spacial score (nSPS) is 13.3. The summed E-state index contributed by atoms with van der Waals surface area (Å²) < 4.78 is 19.8. The van der Waals surface area contributed by atoms with Crippen LogP contribution < -0.4 is 10.6 Å². The fourth-order valence-electron chi connectivity index (χ4n) is 1.69. The van der Waals surface area contributed by atoms with E-state index in [0.29, 0.717) is 0 Å². The second kappa shape index (κ2) is 11.8. The van der Waals surface area contributed by atoms with Gasteiger partial charge in [0, 0.05) is 24.5 Å². The number of aliphatic hydroxyl groups excluding tert-OH is 1. The van der Waals surface area contributed by atoms with Crippen LogP contribution >= 0.6 is 7.82 Å². The first-order valence-corrected chi connectivity index (χ1v) is 9.64. The number of carbonyl (C=O) groups excluding carboxylic acids is 3. The maximum atomic E-state index is 11.9. The zero-order chi connectivity index (χ0) is 21.1. The van der Waals surface area contributed by atoms with Crippen LogP contribution in [0.3, 0.4) is 0 Å². The standard InChI is InChI=1S/C15H27N2O9P/c1-4-5-12(19)25-9-8-16-11(18)6-7-17-14(21)13(20)15(2,3)10-26-27(22,23)24/h4-5,13,20H,6-10H2,1-3H3,(H,16,18)(H,17,21)(H2,22,23,24)/b5-4+/t13-/m1/s1. The summed E-state index contributed by atoms with van der Waals surface area (Å²) in [6.07, 6.45) is 1.10. The van der Waals surface area contributed by atoms with E-state index in [0.717, 1.165) is 0 Å². The average molecular weight is 410 g/mol. The highest BCUT2D eigenvalue weighted by molar-refractivity contribution is 7.46. The van der Waals surface area contributed by atoms with Crippen molar-refractivity contribution in [3.8, 4) is 0 Å². The molecule has 0 saturated carbocycles.